The Morgan fingerprint density at radius 1 is 1.18 bits per heavy atom. The van der Waals surface area contributed by atoms with Gasteiger partial charge in [0.1, 0.15) is 5.82 Å². The summed E-state index contributed by atoms with van der Waals surface area (Å²) in [6.45, 7) is 7.14. The first kappa shape index (κ1) is 19.0. The van der Waals surface area contributed by atoms with Gasteiger partial charge in [0.25, 0.3) is 0 Å². The number of benzene rings is 1. The Morgan fingerprint density at radius 2 is 1.93 bits per heavy atom. The fourth-order valence-electron chi connectivity index (χ4n) is 4.46. The Bertz CT molecular complexity index is 857. The molecule has 0 unspecified atom stereocenters. The van der Waals surface area contributed by atoms with Crippen molar-refractivity contribution >= 4 is 5.91 Å². The van der Waals surface area contributed by atoms with Crippen molar-refractivity contribution in [2.24, 2.45) is 5.92 Å². The van der Waals surface area contributed by atoms with Crippen LogP contribution >= 0.6 is 0 Å². The Morgan fingerprint density at radius 3 is 2.68 bits per heavy atom. The molecule has 148 valence electrons. The molecule has 4 rings (SSSR count). The molecule has 0 aliphatic carbocycles. The molecule has 1 N–H and O–H groups in total. The van der Waals surface area contributed by atoms with Gasteiger partial charge in [-0.1, -0.05) is 30.3 Å². The number of amides is 1. The predicted molar refractivity (Wildman–Crippen MR) is 107 cm³/mol. The largest absolute Gasteiger partial charge is 0.389 e. The second-order valence-electron chi connectivity index (χ2n) is 8.18. The van der Waals surface area contributed by atoms with Crippen molar-refractivity contribution < 1.29 is 9.90 Å². The van der Waals surface area contributed by atoms with E-state index >= 15 is 0 Å². The Kier molecular flexibility index (Phi) is 5.17. The Balaban J connectivity index is 1.49. The first-order valence-corrected chi connectivity index (χ1v) is 10.0. The molecule has 2 aliphatic rings. The number of aliphatic hydroxyl groups is 1. The molecule has 0 bridgehead atoms. The number of carbonyl (C=O) groups is 1. The normalized spacial score (nSPS) is 25.4. The summed E-state index contributed by atoms with van der Waals surface area (Å²) in [5.41, 5.74) is 2.34. The highest BCUT2D eigenvalue weighted by molar-refractivity contribution is 5.73. The van der Waals surface area contributed by atoms with Gasteiger partial charge in [0.15, 0.2) is 0 Å². The predicted octanol–water partition coefficient (Wildman–Crippen LogP) is 2.26. The molecule has 0 saturated carbocycles. The third kappa shape index (κ3) is 3.93. The molecule has 6 nitrogen and oxygen atoms in total. The maximum atomic E-state index is 11.8. The van der Waals surface area contributed by atoms with E-state index in [2.05, 4.69) is 22.0 Å². The zero-order chi connectivity index (χ0) is 19.7. The molecule has 2 atom stereocenters. The summed E-state index contributed by atoms with van der Waals surface area (Å²) in [6, 6.07) is 12.2. The van der Waals surface area contributed by atoms with Gasteiger partial charge in [-0.2, -0.15) is 0 Å². The molecule has 2 fully saturated rings. The number of hydrogen-bond acceptors (Lipinski definition) is 5. The van der Waals surface area contributed by atoms with Gasteiger partial charge in [-0.3, -0.25) is 9.69 Å². The molecule has 0 spiro atoms. The van der Waals surface area contributed by atoms with Crippen LogP contribution in [0.15, 0.2) is 36.4 Å². The van der Waals surface area contributed by atoms with Gasteiger partial charge in [0.05, 0.1) is 17.8 Å². The van der Waals surface area contributed by atoms with Crippen LogP contribution in [0, 0.1) is 12.8 Å². The summed E-state index contributed by atoms with van der Waals surface area (Å²) in [5, 5.41) is 11.0. The lowest BCUT2D eigenvalue weighted by Crippen LogP contribution is -2.60. The molecule has 6 heteroatoms. The Labute approximate surface area is 166 Å². The third-order valence-corrected chi connectivity index (χ3v) is 6.14. The summed E-state index contributed by atoms with van der Waals surface area (Å²) in [6.07, 6.45) is 1.41. The van der Waals surface area contributed by atoms with Gasteiger partial charge in [0.2, 0.25) is 5.91 Å². The number of hydrogen-bond donors (Lipinski definition) is 1. The van der Waals surface area contributed by atoms with Gasteiger partial charge in [-0.25, -0.2) is 9.97 Å². The molecular weight excluding hydrogens is 352 g/mol. The van der Waals surface area contributed by atoms with E-state index in [4.69, 9.17) is 4.98 Å². The van der Waals surface area contributed by atoms with Crippen LogP contribution in [0.3, 0.4) is 0 Å². The van der Waals surface area contributed by atoms with Crippen LogP contribution in [0.5, 0.6) is 0 Å². The summed E-state index contributed by atoms with van der Waals surface area (Å²) < 4.78 is 0. The lowest BCUT2D eigenvalue weighted by atomic mass is 9.75. The van der Waals surface area contributed by atoms with Crippen molar-refractivity contribution in [3.63, 3.8) is 0 Å². The smallest absolute Gasteiger partial charge is 0.219 e. The Hall–Kier alpha value is -2.31. The van der Waals surface area contributed by atoms with Crippen molar-refractivity contribution in [3.8, 4) is 11.3 Å². The van der Waals surface area contributed by atoms with E-state index in [9.17, 15) is 9.90 Å². The van der Waals surface area contributed by atoms with Gasteiger partial charge in [0, 0.05) is 50.3 Å². The maximum Gasteiger partial charge on any atom is 0.219 e. The zero-order valence-corrected chi connectivity index (χ0v) is 16.6. The zero-order valence-electron chi connectivity index (χ0n) is 16.6. The SMILES string of the molecule is CC(=O)N1CC[C@]2(O)CCN(Cc3nc(C)cc(-c4ccccc4)n3)C[C@@H]2C1. The number of piperidine rings is 2. The van der Waals surface area contributed by atoms with Crippen molar-refractivity contribution in [3.05, 3.63) is 47.9 Å². The van der Waals surface area contributed by atoms with Crippen LogP contribution in [-0.2, 0) is 11.3 Å². The molecule has 2 aliphatic heterocycles. The van der Waals surface area contributed by atoms with Crippen LogP contribution in [0.4, 0.5) is 0 Å². The average Bonchev–Trinajstić information content (AvgIpc) is 2.68. The quantitative estimate of drug-likeness (QED) is 0.885. The summed E-state index contributed by atoms with van der Waals surface area (Å²) >= 11 is 0. The number of aromatic nitrogens is 2. The molecule has 1 aromatic heterocycles. The number of carbonyl (C=O) groups excluding carboxylic acids is 1. The highest BCUT2D eigenvalue weighted by Crippen LogP contribution is 2.35. The van der Waals surface area contributed by atoms with Gasteiger partial charge < -0.3 is 10.0 Å². The third-order valence-electron chi connectivity index (χ3n) is 6.14. The summed E-state index contributed by atoms with van der Waals surface area (Å²) in [4.78, 5) is 25.4. The van der Waals surface area contributed by atoms with Crippen molar-refractivity contribution in [1.29, 1.82) is 0 Å². The minimum absolute atomic E-state index is 0.0808. The van der Waals surface area contributed by atoms with E-state index in [1.54, 1.807) is 6.92 Å². The topological polar surface area (TPSA) is 69.6 Å². The molecule has 1 aromatic carbocycles. The highest BCUT2D eigenvalue weighted by Gasteiger charge is 2.45. The fraction of sp³-hybridized carbons (Fsp3) is 0.500. The molecule has 1 amide bonds. The van der Waals surface area contributed by atoms with Crippen molar-refractivity contribution in [2.75, 3.05) is 26.2 Å². The van der Waals surface area contributed by atoms with Gasteiger partial charge >= 0.3 is 0 Å². The first-order valence-electron chi connectivity index (χ1n) is 10.0. The van der Waals surface area contributed by atoms with E-state index in [-0.39, 0.29) is 11.8 Å². The summed E-state index contributed by atoms with van der Waals surface area (Å²) in [5.74, 6) is 0.981. The standard InChI is InChI=1S/C22H28N4O2/c1-16-12-20(18-6-4-3-5-7-18)24-21(23-16)15-25-10-8-22(28)9-11-26(17(2)27)14-19(22)13-25/h3-7,12,19,28H,8-11,13-15H2,1-2H3/t19-,22-/m1/s1. The van der Waals surface area contributed by atoms with Crippen molar-refractivity contribution in [2.45, 2.75) is 38.8 Å². The number of rotatable bonds is 3. The maximum absolute atomic E-state index is 11.8. The minimum atomic E-state index is -0.648. The van der Waals surface area contributed by atoms with Crippen LogP contribution < -0.4 is 0 Å². The fourth-order valence-corrected chi connectivity index (χ4v) is 4.46. The van der Waals surface area contributed by atoms with E-state index < -0.39 is 5.60 Å². The molecule has 28 heavy (non-hydrogen) atoms. The van der Waals surface area contributed by atoms with Gasteiger partial charge in [-0.05, 0) is 25.8 Å². The van der Waals surface area contributed by atoms with E-state index in [1.807, 2.05) is 36.1 Å². The van der Waals surface area contributed by atoms with Crippen LogP contribution in [0.2, 0.25) is 0 Å². The average molecular weight is 380 g/mol. The second-order valence-corrected chi connectivity index (χ2v) is 8.18. The number of fused-ring (bicyclic) bond motifs is 1. The van der Waals surface area contributed by atoms with Crippen LogP contribution in [0.25, 0.3) is 11.3 Å². The number of likely N-dealkylation sites (tertiary alicyclic amines) is 2. The lowest BCUT2D eigenvalue weighted by Gasteiger charge is -2.50. The number of aryl methyl sites for hydroxylation is 1. The minimum Gasteiger partial charge on any atom is -0.389 e. The number of nitrogens with zero attached hydrogens (tertiary/aromatic N) is 4. The molecule has 2 saturated heterocycles. The molecule has 3 heterocycles. The molecule has 2 aromatic rings. The lowest BCUT2D eigenvalue weighted by molar-refractivity contribution is -0.145. The summed E-state index contributed by atoms with van der Waals surface area (Å²) in [7, 11) is 0. The van der Waals surface area contributed by atoms with Crippen LogP contribution in [-0.4, -0.2) is 62.6 Å². The van der Waals surface area contributed by atoms with Gasteiger partial charge in [-0.15, -0.1) is 0 Å². The molecule has 0 radical (unpaired) electrons. The van der Waals surface area contributed by atoms with Crippen molar-refractivity contribution in [1.82, 2.24) is 19.8 Å². The van der Waals surface area contributed by atoms with E-state index in [0.29, 0.717) is 26.1 Å². The highest BCUT2D eigenvalue weighted by atomic mass is 16.3. The second kappa shape index (κ2) is 7.60. The van der Waals surface area contributed by atoms with Crippen LogP contribution in [0.1, 0.15) is 31.3 Å². The van der Waals surface area contributed by atoms with E-state index in [1.165, 1.54) is 0 Å². The molecular formula is C22H28N4O2. The monoisotopic (exact) mass is 380 g/mol. The van der Waals surface area contributed by atoms with E-state index in [0.717, 1.165) is 42.3 Å². The first-order chi connectivity index (χ1) is 13.4.